The van der Waals surface area contributed by atoms with Crippen LogP contribution in [0.2, 0.25) is 0 Å². The van der Waals surface area contributed by atoms with Crippen LogP contribution in [-0.2, 0) is 0 Å². The lowest BCUT2D eigenvalue weighted by Gasteiger charge is -2.13. The second kappa shape index (κ2) is 3.51. The van der Waals surface area contributed by atoms with Crippen molar-refractivity contribution in [1.29, 1.82) is 0 Å². The molecule has 0 unspecified atom stereocenters. The van der Waals surface area contributed by atoms with E-state index < -0.39 is 6.10 Å². The number of pyridine rings is 1. The topological polar surface area (TPSA) is 79.1 Å². The molecular weight excluding hydrogens is 156 g/mol. The second-order valence-corrected chi connectivity index (χ2v) is 2.79. The standard InChI is InChI=1S/C8H12N2O2/c1-5(9)8(12)6-2-3-7(11)10-4-6/h2-5,8,12H,9H2,1H3,(H,10,11)/t5-,8+/m0/s1. The third-order valence-electron chi connectivity index (χ3n) is 1.65. The first-order chi connectivity index (χ1) is 5.61. The van der Waals surface area contributed by atoms with E-state index >= 15 is 0 Å². The smallest absolute Gasteiger partial charge is 0.247 e. The minimum absolute atomic E-state index is 0.185. The zero-order chi connectivity index (χ0) is 9.14. The van der Waals surface area contributed by atoms with Gasteiger partial charge in [0.25, 0.3) is 0 Å². The monoisotopic (exact) mass is 168 g/mol. The molecule has 0 amide bonds. The summed E-state index contributed by atoms with van der Waals surface area (Å²) >= 11 is 0. The molecular formula is C8H12N2O2. The maximum Gasteiger partial charge on any atom is 0.247 e. The summed E-state index contributed by atoms with van der Waals surface area (Å²) in [7, 11) is 0. The van der Waals surface area contributed by atoms with E-state index in [4.69, 9.17) is 5.73 Å². The molecule has 0 bridgehead atoms. The van der Waals surface area contributed by atoms with Crippen molar-refractivity contribution < 1.29 is 5.11 Å². The molecule has 0 saturated heterocycles. The maximum atomic E-state index is 10.6. The molecule has 4 heteroatoms. The first kappa shape index (κ1) is 8.96. The highest BCUT2D eigenvalue weighted by Crippen LogP contribution is 2.11. The molecule has 1 aromatic rings. The van der Waals surface area contributed by atoms with Gasteiger partial charge in [0, 0.05) is 18.3 Å². The van der Waals surface area contributed by atoms with Gasteiger partial charge in [0.15, 0.2) is 0 Å². The quantitative estimate of drug-likeness (QED) is 0.570. The Bertz CT molecular complexity index is 286. The second-order valence-electron chi connectivity index (χ2n) is 2.79. The number of hydrogen-bond acceptors (Lipinski definition) is 3. The van der Waals surface area contributed by atoms with Gasteiger partial charge in [-0.25, -0.2) is 0 Å². The van der Waals surface area contributed by atoms with E-state index in [1.54, 1.807) is 13.0 Å². The van der Waals surface area contributed by atoms with Gasteiger partial charge in [0.1, 0.15) is 0 Å². The Kier molecular flexibility index (Phi) is 2.62. The number of aromatic nitrogens is 1. The molecule has 0 aromatic carbocycles. The summed E-state index contributed by atoms with van der Waals surface area (Å²) in [6.45, 7) is 1.70. The normalized spacial score (nSPS) is 15.6. The maximum absolute atomic E-state index is 10.6. The first-order valence-electron chi connectivity index (χ1n) is 3.73. The number of nitrogens with one attached hydrogen (secondary N) is 1. The molecule has 1 heterocycles. The number of rotatable bonds is 2. The Balaban J connectivity index is 2.89. The summed E-state index contributed by atoms with van der Waals surface area (Å²) in [5.41, 5.74) is 5.91. The van der Waals surface area contributed by atoms with Crippen molar-refractivity contribution in [1.82, 2.24) is 4.98 Å². The van der Waals surface area contributed by atoms with Crippen molar-refractivity contribution in [3.8, 4) is 0 Å². The van der Waals surface area contributed by atoms with Gasteiger partial charge in [-0.3, -0.25) is 4.79 Å². The summed E-state index contributed by atoms with van der Waals surface area (Å²) < 4.78 is 0. The Morgan fingerprint density at radius 3 is 2.67 bits per heavy atom. The van der Waals surface area contributed by atoms with Crippen LogP contribution in [0.5, 0.6) is 0 Å². The first-order valence-corrected chi connectivity index (χ1v) is 3.73. The van der Waals surface area contributed by atoms with E-state index in [0.29, 0.717) is 5.56 Å². The molecule has 12 heavy (non-hydrogen) atoms. The van der Waals surface area contributed by atoms with Gasteiger partial charge in [0.05, 0.1) is 6.10 Å². The van der Waals surface area contributed by atoms with Gasteiger partial charge in [-0.15, -0.1) is 0 Å². The van der Waals surface area contributed by atoms with Crippen LogP contribution in [-0.4, -0.2) is 16.1 Å². The van der Waals surface area contributed by atoms with Crippen molar-refractivity contribution in [3.63, 3.8) is 0 Å². The van der Waals surface area contributed by atoms with E-state index in [9.17, 15) is 9.90 Å². The number of aliphatic hydroxyl groups excluding tert-OH is 1. The molecule has 0 radical (unpaired) electrons. The Labute approximate surface area is 70.0 Å². The molecule has 2 atom stereocenters. The Morgan fingerprint density at radius 1 is 1.58 bits per heavy atom. The Hall–Kier alpha value is -1.13. The van der Waals surface area contributed by atoms with Crippen molar-refractivity contribution in [2.24, 2.45) is 5.73 Å². The lowest BCUT2D eigenvalue weighted by atomic mass is 10.1. The number of hydrogen-bond donors (Lipinski definition) is 3. The van der Waals surface area contributed by atoms with Crippen LogP contribution in [0.15, 0.2) is 23.1 Å². The van der Waals surface area contributed by atoms with Crippen molar-refractivity contribution in [3.05, 3.63) is 34.2 Å². The van der Waals surface area contributed by atoms with Crippen LogP contribution >= 0.6 is 0 Å². The Morgan fingerprint density at radius 2 is 2.25 bits per heavy atom. The third kappa shape index (κ3) is 1.93. The summed E-state index contributed by atoms with van der Waals surface area (Å²) in [6.07, 6.45) is 0.748. The molecule has 0 fully saturated rings. The van der Waals surface area contributed by atoms with Gasteiger partial charge >= 0.3 is 0 Å². The lowest BCUT2D eigenvalue weighted by molar-refractivity contribution is 0.153. The van der Waals surface area contributed by atoms with Crippen molar-refractivity contribution in [2.75, 3.05) is 0 Å². The van der Waals surface area contributed by atoms with E-state index in [-0.39, 0.29) is 11.6 Å². The molecule has 4 nitrogen and oxygen atoms in total. The summed E-state index contributed by atoms with van der Waals surface area (Å²) in [6, 6.07) is 2.59. The lowest BCUT2D eigenvalue weighted by Crippen LogP contribution is -2.24. The van der Waals surface area contributed by atoms with Crippen molar-refractivity contribution >= 4 is 0 Å². The van der Waals surface area contributed by atoms with Gasteiger partial charge in [0.2, 0.25) is 5.56 Å². The SMILES string of the molecule is C[C@H](N)[C@@H](O)c1ccc(=O)[nH]c1. The van der Waals surface area contributed by atoms with Gasteiger partial charge in [-0.1, -0.05) is 0 Å². The molecule has 0 spiro atoms. The zero-order valence-electron chi connectivity index (χ0n) is 6.82. The van der Waals surface area contributed by atoms with Gasteiger partial charge in [-0.05, 0) is 18.6 Å². The fourth-order valence-electron chi connectivity index (χ4n) is 0.910. The average Bonchev–Trinajstić information content (AvgIpc) is 2.04. The predicted octanol–water partition coefficient (Wildman–Crippen LogP) is -0.245. The largest absolute Gasteiger partial charge is 0.387 e. The van der Waals surface area contributed by atoms with Crippen LogP contribution in [0.4, 0.5) is 0 Å². The summed E-state index contributed by atoms with van der Waals surface area (Å²) in [4.78, 5) is 13.1. The van der Waals surface area contributed by atoms with Crippen LogP contribution in [0.25, 0.3) is 0 Å². The third-order valence-corrected chi connectivity index (χ3v) is 1.65. The fourth-order valence-corrected chi connectivity index (χ4v) is 0.910. The van der Waals surface area contributed by atoms with E-state index in [1.165, 1.54) is 12.3 Å². The molecule has 66 valence electrons. The molecule has 0 aliphatic carbocycles. The van der Waals surface area contributed by atoms with Crippen LogP contribution in [0.3, 0.4) is 0 Å². The van der Waals surface area contributed by atoms with E-state index in [2.05, 4.69) is 4.98 Å². The van der Waals surface area contributed by atoms with Crippen LogP contribution < -0.4 is 11.3 Å². The molecule has 4 N–H and O–H groups in total. The van der Waals surface area contributed by atoms with Crippen LogP contribution in [0, 0.1) is 0 Å². The summed E-state index contributed by atoms with van der Waals surface area (Å²) in [5.74, 6) is 0. The number of nitrogens with two attached hydrogens (primary N) is 1. The number of aromatic amines is 1. The van der Waals surface area contributed by atoms with E-state index in [1.807, 2.05) is 0 Å². The minimum atomic E-state index is -0.721. The molecule has 0 saturated carbocycles. The molecule has 1 aromatic heterocycles. The molecule has 1 rings (SSSR count). The highest BCUT2D eigenvalue weighted by Gasteiger charge is 2.11. The fraction of sp³-hybridized carbons (Fsp3) is 0.375. The number of H-pyrrole nitrogens is 1. The number of aliphatic hydroxyl groups is 1. The predicted molar refractivity (Wildman–Crippen MR) is 45.7 cm³/mol. The zero-order valence-corrected chi connectivity index (χ0v) is 6.82. The highest BCUT2D eigenvalue weighted by atomic mass is 16.3. The van der Waals surface area contributed by atoms with Crippen LogP contribution in [0.1, 0.15) is 18.6 Å². The highest BCUT2D eigenvalue weighted by molar-refractivity contribution is 5.13. The van der Waals surface area contributed by atoms with E-state index in [0.717, 1.165) is 0 Å². The minimum Gasteiger partial charge on any atom is -0.387 e. The molecule has 0 aliphatic rings. The van der Waals surface area contributed by atoms with Gasteiger partial charge < -0.3 is 15.8 Å². The summed E-state index contributed by atoms with van der Waals surface area (Å²) in [5, 5.41) is 9.44. The molecule has 0 aliphatic heterocycles. The average molecular weight is 168 g/mol. The van der Waals surface area contributed by atoms with Crippen molar-refractivity contribution in [2.45, 2.75) is 19.1 Å². The van der Waals surface area contributed by atoms with Gasteiger partial charge in [-0.2, -0.15) is 0 Å².